The SMILES string of the molecule is Fc1ccccc1F.OC(Cn1cncn1)(Cn1cncn1)c1ccc(F)cc1F. The highest BCUT2D eigenvalue weighted by molar-refractivity contribution is 5.25. The standard InChI is InChI=1S/C13H12F2N6O.C6H4F2/c14-10-1-2-11(12(15)3-10)13(22,4-20-8-16-6-18-20)5-21-9-17-7-19-21;7-5-3-1-2-4-6(5)8/h1-3,6-9,22H,4-5H2;1-4H. The fraction of sp³-hybridized carbons (Fsp3) is 0.158. The Morgan fingerprint density at radius 1 is 0.767 bits per heavy atom. The van der Waals surface area contributed by atoms with Gasteiger partial charge in [0.05, 0.1) is 13.1 Å². The Morgan fingerprint density at radius 3 is 1.70 bits per heavy atom. The fourth-order valence-electron chi connectivity index (χ4n) is 2.69. The van der Waals surface area contributed by atoms with Crippen molar-refractivity contribution in [3.8, 4) is 0 Å². The molecule has 0 saturated heterocycles. The predicted octanol–water partition coefficient (Wildman–Crippen LogP) is 2.70. The van der Waals surface area contributed by atoms with Crippen LogP contribution in [0.2, 0.25) is 0 Å². The van der Waals surface area contributed by atoms with Crippen LogP contribution in [0.4, 0.5) is 17.6 Å². The van der Waals surface area contributed by atoms with Crippen LogP contribution >= 0.6 is 0 Å². The molecule has 11 heteroatoms. The lowest BCUT2D eigenvalue weighted by Crippen LogP contribution is -2.37. The molecule has 0 bridgehead atoms. The minimum atomic E-state index is -1.70. The molecule has 2 heterocycles. The van der Waals surface area contributed by atoms with Crippen molar-refractivity contribution >= 4 is 0 Å². The maximum atomic E-state index is 14.1. The van der Waals surface area contributed by atoms with E-state index in [4.69, 9.17) is 0 Å². The average molecular weight is 420 g/mol. The molecule has 0 unspecified atom stereocenters. The van der Waals surface area contributed by atoms with Crippen molar-refractivity contribution in [2.24, 2.45) is 0 Å². The summed E-state index contributed by atoms with van der Waals surface area (Å²) in [4.78, 5) is 7.57. The van der Waals surface area contributed by atoms with Crippen LogP contribution in [-0.2, 0) is 18.7 Å². The second kappa shape index (κ2) is 9.27. The van der Waals surface area contributed by atoms with Gasteiger partial charge in [-0.2, -0.15) is 10.2 Å². The van der Waals surface area contributed by atoms with Crippen LogP contribution in [-0.4, -0.2) is 34.6 Å². The summed E-state index contributed by atoms with van der Waals surface area (Å²) in [6.45, 7) is -0.148. The third-order valence-corrected chi connectivity index (χ3v) is 4.04. The lowest BCUT2D eigenvalue weighted by atomic mass is 9.93. The highest BCUT2D eigenvalue weighted by atomic mass is 19.2. The first-order valence-electron chi connectivity index (χ1n) is 8.60. The Kier molecular flexibility index (Phi) is 6.52. The molecule has 0 aliphatic carbocycles. The van der Waals surface area contributed by atoms with Gasteiger partial charge in [-0.15, -0.1) is 0 Å². The van der Waals surface area contributed by atoms with E-state index in [1.165, 1.54) is 52.9 Å². The van der Waals surface area contributed by atoms with Crippen molar-refractivity contribution in [3.63, 3.8) is 0 Å². The second-order valence-electron chi connectivity index (χ2n) is 6.26. The molecule has 0 radical (unpaired) electrons. The van der Waals surface area contributed by atoms with E-state index in [0.29, 0.717) is 0 Å². The number of hydrogen-bond acceptors (Lipinski definition) is 5. The smallest absolute Gasteiger partial charge is 0.158 e. The minimum Gasteiger partial charge on any atom is -0.381 e. The van der Waals surface area contributed by atoms with Gasteiger partial charge in [0.15, 0.2) is 11.6 Å². The quantitative estimate of drug-likeness (QED) is 0.502. The summed E-state index contributed by atoms with van der Waals surface area (Å²) in [5.41, 5.74) is -1.75. The zero-order valence-corrected chi connectivity index (χ0v) is 15.4. The van der Waals surface area contributed by atoms with Gasteiger partial charge in [-0.1, -0.05) is 18.2 Å². The molecular weight excluding hydrogens is 404 g/mol. The number of hydrogen-bond donors (Lipinski definition) is 1. The van der Waals surface area contributed by atoms with Crippen molar-refractivity contribution < 1.29 is 22.7 Å². The van der Waals surface area contributed by atoms with E-state index in [1.807, 2.05) is 0 Å². The van der Waals surface area contributed by atoms with Crippen LogP contribution in [0.15, 0.2) is 67.8 Å². The molecule has 0 fully saturated rings. The maximum Gasteiger partial charge on any atom is 0.158 e. The highest BCUT2D eigenvalue weighted by Gasteiger charge is 2.34. The van der Waals surface area contributed by atoms with Crippen LogP contribution in [0.25, 0.3) is 0 Å². The van der Waals surface area contributed by atoms with Gasteiger partial charge in [-0.05, 0) is 18.2 Å². The van der Waals surface area contributed by atoms with Gasteiger partial charge in [0, 0.05) is 11.6 Å². The van der Waals surface area contributed by atoms with Gasteiger partial charge in [-0.3, -0.25) is 0 Å². The molecule has 4 aromatic rings. The summed E-state index contributed by atoms with van der Waals surface area (Å²) >= 11 is 0. The number of rotatable bonds is 5. The van der Waals surface area contributed by atoms with Crippen LogP contribution in [0.3, 0.4) is 0 Å². The summed E-state index contributed by atoms with van der Waals surface area (Å²) < 4.78 is 53.8. The van der Waals surface area contributed by atoms with Crippen molar-refractivity contribution in [1.82, 2.24) is 29.5 Å². The molecule has 0 atom stereocenters. The van der Waals surface area contributed by atoms with Gasteiger partial charge in [0.1, 0.15) is 42.5 Å². The molecule has 0 amide bonds. The molecule has 30 heavy (non-hydrogen) atoms. The topological polar surface area (TPSA) is 81.6 Å². The fourth-order valence-corrected chi connectivity index (χ4v) is 2.69. The van der Waals surface area contributed by atoms with E-state index in [2.05, 4.69) is 20.2 Å². The van der Waals surface area contributed by atoms with Crippen molar-refractivity contribution in [2.75, 3.05) is 0 Å². The molecule has 0 aliphatic rings. The lowest BCUT2D eigenvalue weighted by Gasteiger charge is -2.28. The van der Waals surface area contributed by atoms with Gasteiger partial charge in [0.2, 0.25) is 0 Å². The normalized spacial score (nSPS) is 11.1. The molecule has 1 N–H and O–H groups in total. The van der Waals surface area contributed by atoms with Crippen molar-refractivity contribution in [3.05, 3.63) is 96.6 Å². The number of benzene rings is 2. The largest absolute Gasteiger partial charge is 0.381 e. The molecule has 0 saturated carbocycles. The molecule has 2 aromatic heterocycles. The monoisotopic (exact) mass is 420 g/mol. The van der Waals surface area contributed by atoms with Gasteiger partial charge in [0.25, 0.3) is 0 Å². The highest BCUT2D eigenvalue weighted by Crippen LogP contribution is 2.28. The Bertz CT molecular complexity index is 1020. The van der Waals surface area contributed by atoms with Crippen LogP contribution in [0, 0.1) is 23.3 Å². The molecule has 7 nitrogen and oxygen atoms in total. The summed E-state index contributed by atoms with van der Waals surface area (Å²) in [5, 5.41) is 18.8. The molecule has 4 rings (SSSR count). The van der Waals surface area contributed by atoms with E-state index in [9.17, 15) is 22.7 Å². The predicted molar refractivity (Wildman–Crippen MR) is 96.7 cm³/mol. The van der Waals surface area contributed by atoms with Gasteiger partial charge in [-0.25, -0.2) is 36.9 Å². The second-order valence-corrected chi connectivity index (χ2v) is 6.26. The third kappa shape index (κ3) is 5.26. The minimum absolute atomic E-state index is 0.0556. The van der Waals surface area contributed by atoms with E-state index in [0.717, 1.165) is 24.3 Å². The third-order valence-electron chi connectivity index (χ3n) is 4.04. The first-order chi connectivity index (χ1) is 14.4. The Balaban J connectivity index is 0.000000269. The number of halogens is 4. The first-order valence-corrected chi connectivity index (χ1v) is 8.60. The van der Waals surface area contributed by atoms with E-state index in [-0.39, 0.29) is 18.7 Å². The van der Waals surface area contributed by atoms with E-state index < -0.39 is 28.9 Å². The molecular formula is C19H16F4N6O. The summed E-state index contributed by atoms with van der Waals surface area (Å²) in [7, 11) is 0. The number of nitrogens with zero attached hydrogens (tertiary/aromatic N) is 6. The van der Waals surface area contributed by atoms with E-state index in [1.54, 1.807) is 0 Å². The Labute approximate surface area is 168 Å². The Hall–Kier alpha value is -3.60. The van der Waals surface area contributed by atoms with Crippen molar-refractivity contribution in [1.29, 1.82) is 0 Å². The first kappa shape index (κ1) is 21.1. The van der Waals surface area contributed by atoms with Gasteiger partial charge >= 0.3 is 0 Å². The summed E-state index contributed by atoms with van der Waals surface area (Å²) in [5.74, 6) is -3.16. The average Bonchev–Trinajstić information content (AvgIpc) is 3.39. The van der Waals surface area contributed by atoms with Crippen molar-refractivity contribution in [2.45, 2.75) is 18.7 Å². The lowest BCUT2D eigenvalue weighted by molar-refractivity contribution is -0.00855. The summed E-state index contributed by atoms with van der Waals surface area (Å²) in [6, 6.07) is 8.06. The molecule has 2 aromatic carbocycles. The van der Waals surface area contributed by atoms with Crippen LogP contribution < -0.4 is 0 Å². The zero-order chi connectivity index (χ0) is 21.6. The van der Waals surface area contributed by atoms with Crippen LogP contribution in [0.1, 0.15) is 5.56 Å². The number of aromatic nitrogens is 6. The Morgan fingerprint density at radius 2 is 1.30 bits per heavy atom. The zero-order valence-electron chi connectivity index (χ0n) is 15.4. The molecule has 0 aliphatic heterocycles. The van der Waals surface area contributed by atoms with Gasteiger partial charge < -0.3 is 5.11 Å². The molecule has 0 spiro atoms. The molecule has 156 valence electrons. The maximum absolute atomic E-state index is 14.1. The van der Waals surface area contributed by atoms with Crippen LogP contribution in [0.5, 0.6) is 0 Å². The summed E-state index contributed by atoms with van der Waals surface area (Å²) in [6.07, 6.45) is 5.40. The van der Waals surface area contributed by atoms with E-state index >= 15 is 0 Å². The number of aliphatic hydroxyl groups is 1.